The van der Waals surface area contributed by atoms with E-state index < -0.39 is 0 Å². The van der Waals surface area contributed by atoms with Gasteiger partial charge in [-0.15, -0.1) is 0 Å². The number of hydrogen-bond donors (Lipinski definition) is 0. The molecule has 0 saturated heterocycles. The topological polar surface area (TPSA) is 26.3 Å². The minimum absolute atomic E-state index is 0.0831. The van der Waals surface area contributed by atoms with Crippen LogP contribution in [0.3, 0.4) is 0 Å². The second kappa shape index (κ2) is 5.55. The van der Waals surface area contributed by atoms with Crippen LogP contribution in [-0.2, 0) is 9.53 Å². The Morgan fingerprint density at radius 3 is 2.38 bits per heavy atom. The van der Waals surface area contributed by atoms with E-state index in [0.29, 0.717) is 35.0 Å². The lowest BCUT2D eigenvalue weighted by Crippen LogP contribution is -2.15. The van der Waals surface area contributed by atoms with Gasteiger partial charge < -0.3 is 4.74 Å². The van der Waals surface area contributed by atoms with Crippen molar-refractivity contribution >= 4 is 29.0 Å². The zero-order valence-electron chi connectivity index (χ0n) is 9.40. The van der Waals surface area contributed by atoms with Gasteiger partial charge in [-0.3, -0.25) is 4.79 Å². The van der Waals surface area contributed by atoms with E-state index in [2.05, 4.69) is 6.58 Å². The molecule has 0 fully saturated rings. The average Bonchev–Trinajstić information content (AvgIpc) is 2.28. The lowest BCUT2D eigenvalue weighted by atomic mass is 9.96. The van der Waals surface area contributed by atoms with Crippen molar-refractivity contribution in [3.8, 4) is 0 Å². The number of carbonyl (C=O) groups is 1. The maximum Gasteiger partial charge on any atom is 0.205 e. The molecule has 0 unspecified atom stereocenters. The molecule has 0 aromatic heterocycles. The van der Waals surface area contributed by atoms with Crippen LogP contribution in [0, 0.1) is 0 Å². The number of ether oxygens (including phenoxy) is 1. The Hall–Kier alpha value is -0.730. The number of ketones is 1. The van der Waals surface area contributed by atoms with Gasteiger partial charge in [0.25, 0.3) is 0 Å². The summed E-state index contributed by atoms with van der Waals surface area (Å²) < 4.78 is 5.28. The number of halogens is 2. The Morgan fingerprint density at radius 1 is 1.25 bits per heavy atom. The van der Waals surface area contributed by atoms with E-state index in [1.165, 1.54) is 0 Å². The van der Waals surface area contributed by atoms with Crippen LogP contribution in [0.2, 0.25) is 0 Å². The fourth-order valence-corrected chi connectivity index (χ4v) is 2.07. The molecule has 1 rings (SSSR count). The minimum atomic E-state index is -0.246. The lowest BCUT2D eigenvalue weighted by molar-refractivity contribution is -0.112. The van der Waals surface area contributed by atoms with Gasteiger partial charge in [-0.1, -0.05) is 43.1 Å². The molecule has 16 heavy (non-hydrogen) atoms. The van der Waals surface area contributed by atoms with Crippen molar-refractivity contribution in [3.63, 3.8) is 0 Å². The minimum Gasteiger partial charge on any atom is -0.492 e. The molecule has 0 aromatic rings. The van der Waals surface area contributed by atoms with Crippen LogP contribution in [0.25, 0.3) is 0 Å². The Kier molecular flexibility index (Phi) is 4.63. The number of Topliss-reactive ketones (excluding diaryl/α,β-unsaturated/α-hetero) is 1. The summed E-state index contributed by atoms with van der Waals surface area (Å²) in [6.45, 7) is 8.01. The fourth-order valence-electron chi connectivity index (χ4n) is 1.52. The molecule has 0 atom stereocenters. The van der Waals surface area contributed by atoms with Gasteiger partial charge in [0.05, 0.1) is 11.6 Å². The van der Waals surface area contributed by atoms with Gasteiger partial charge in [0.1, 0.15) is 10.8 Å². The van der Waals surface area contributed by atoms with Gasteiger partial charge in [-0.25, -0.2) is 0 Å². The molecule has 0 bridgehead atoms. The smallest absolute Gasteiger partial charge is 0.205 e. The third-order valence-electron chi connectivity index (χ3n) is 2.27. The predicted octanol–water partition coefficient (Wildman–Crippen LogP) is 3.91. The molecule has 0 aliphatic heterocycles. The van der Waals surface area contributed by atoms with E-state index in [1.54, 1.807) is 0 Å². The average molecular weight is 261 g/mol. The summed E-state index contributed by atoms with van der Waals surface area (Å²) in [7, 11) is 0. The van der Waals surface area contributed by atoms with Crippen molar-refractivity contribution in [2.75, 3.05) is 6.61 Å². The normalized spacial score (nSPS) is 17.2. The molecule has 2 nitrogen and oxygen atoms in total. The molecule has 88 valence electrons. The number of carbonyl (C=O) groups excluding carboxylic acids is 1. The van der Waals surface area contributed by atoms with Crippen LogP contribution >= 0.6 is 23.2 Å². The summed E-state index contributed by atoms with van der Waals surface area (Å²) in [5.74, 6) is 0.0587. The highest BCUT2D eigenvalue weighted by Gasteiger charge is 2.29. The first kappa shape index (κ1) is 13.3. The first-order valence-electron chi connectivity index (χ1n) is 5.20. The number of allylic oxidation sites excluding steroid dienone is 3. The highest BCUT2D eigenvalue weighted by molar-refractivity contribution is 6.48. The summed E-state index contributed by atoms with van der Waals surface area (Å²) in [6, 6.07) is 0. The largest absolute Gasteiger partial charge is 0.492 e. The second-order valence-electron chi connectivity index (χ2n) is 3.43. The molecule has 1 aliphatic carbocycles. The fraction of sp³-hybridized carbons (Fsp3) is 0.417. The van der Waals surface area contributed by atoms with Crippen molar-refractivity contribution < 1.29 is 9.53 Å². The molecule has 0 radical (unpaired) electrons. The molecule has 0 amide bonds. The molecule has 0 aromatic carbocycles. The zero-order chi connectivity index (χ0) is 12.3. The van der Waals surface area contributed by atoms with Gasteiger partial charge >= 0.3 is 0 Å². The summed E-state index contributed by atoms with van der Waals surface area (Å²) in [6.07, 6.45) is 1.44. The van der Waals surface area contributed by atoms with Gasteiger partial charge in [0.15, 0.2) is 0 Å². The highest BCUT2D eigenvalue weighted by Crippen LogP contribution is 2.37. The summed E-state index contributed by atoms with van der Waals surface area (Å²) in [4.78, 5) is 11.9. The van der Waals surface area contributed by atoms with Gasteiger partial charge in [-0.05, 0) is 13.3 Å². The molecular formula is C12H14Cl2O2. The van der Waals surface area contributed by atoms with E-state index in [-0.39, 0.29) is 10.8 Å². The molecule has 0 N–H and O–H groups in total. The molecule has 4 heteroatoms. The van der Waals surface area contributed by atoms with Crippen molar-refractivity contribution in [2.24, 2.45) is 0 Å². The second-order valence-corrected chi connectivity index (χ2v) is 4.18. The summed E-state index contributed by atoms with van der Waals surface area (Å²) in [5.41, 5.74) is 1.03. The Bertz CT molecular complexity index is 354. The first-order valence-corrected chi connectivity index (χ1v) is 5.95. The van der Waals surface area contributed by atoms with Crippen LogP contribution in [0.1, 0.15) is 26.7 Å². The van der Waals surface area contributed by atoms with E-state index in [1.807, 2.05) is 13.8 Å². The predicted molar refractivity (Wildman–Crippen MR) is 66.4 cm³/mol. The third-order valence-corrected chi connectivity index (χ3v) is 3.06. The monoisotopic (exact) mass is 260 g/mol. The zero-order valence-corrected chi connectivity index (χ0v) is 10.9. The number of rotatable bonds is 4. The Balaban J connectivity index is 3.15. The molecular weight excluding hydrogens is 247 g/mol. The van der Waals surface area contributed by atoms with Crippen molar-refractivity contribution in [1.29, 1.82) is 0 Å². The third kappa shape index (κ3) is 2.33. The molecule has 0 spiro atoms. The van der Waals surface area contributed by atoms with Gasteiger partial charge in [0.2, 0.25) is 5.78 Å². The Labute approximate surface area is 106 Å². The van der Waals surface area contributed by atoms with Crippen molar-refractivity contribution in [1.82, 2.24) is 0 Å². The van der Waals surface area contributed by atoms with Crippen LogP contribution < -0.4 is 0 Å². The SMILES string of the molecule is C=C1C(Cl)=C(CCC)C(=O)C(Cl)=C1OCC. The van der Waals surface area contributed by atoms with Crippen LogP contribution in [0.15, 0.2) is 33.5 Å². The van der Waals surface area contributed by atoms with E-state index >= 15 is 0 Å². The highest BCUT2D eigenvalue weighted by atomic mass is 35.5. The number of hydrogen-bond acceptors (Lipinski definition) is 2. The van der Waals surface area contributed by atoms with Gasteiger partial charge in [-0.2, -0.15) is 0 Å². The van der Waals surface area contributed by atoms with E-state index in [0.717, 1.165) is 6.42 Å². The quantitative estimate of drug-likeness (QED) is 0.767. The molecule has 1 aliphatic rings. The summed E-state index contributed by atoms with van der Waals surface area (Å²) >= 11 is 12.0. The summed E-state index contributed by atoms with van der Waals surface area (Å²) in [5, 5.41) is 0.458. The van der Waals surface area contributed by atoms with Crippen molar-refractivity contribution in [2.45, 2.75) is 26.7 Å². The lowest BCUT2D eigenvalue weighted by Gasteiger charge is -2.20. The van der Waals surface area contributed by atoms with Crippen LogP contribution in [0.4, 0.5) is 0 Å². The first-order chi connectivity index (χ1) is 7.54. The van der Waals surface area contributed by atoms with E-state index in [9.17, 15) is 4.79 Å². The molecule has 0 heterocycles. The van der Waals surface area contributed by atoms with Gasteiger partial charge in [0, 0.05) is 11.1 Å². The maximum absolute atomic E-state index is 11.9. The maximum atomic E-state index is 11.9. The molecule has 0 saturated carbocycles. The van der Waals surface area contributed by atoms with E-state index in [4.69, 9.17) is 27.9 Å². The van der Waals surface area contributed by atoms with Crippen LogP contribution in [0.5, 0.6) is 0 Å². The van der Waals surface area contributed by atoms with Crippen LogP contribution in [-0.4, -0.2) is 12.4 Å². The van der Waals surface area contributed by atoms with Crippen molar-refractivity contribution in [3.05, 3.63) is 33.5 Å². The standard InChI is InChI=1S/C12H14Cl2O2/c1-4-6-8-9(13)7(3)12(16-5-2)10(14)11(8)15/h3-6H2,1-2H3. The Morgan fingerprint density at radius 2 is 1.88 bits per heavy atom.